The summed E-state index contributed by atoms with van der Waals surface area (Å²) in [6.45, 7) is 2.57. The van der Waals surface area contributed by atoms with E-state index in [0.29, 0.717) is 6.54 Å². The summed E-state index contributed by atoms with van der Waals surface area (Å²) in [5.41, 5.74) is 4.10. The molecule has 22 heavy (non-hydrogen) atoms. The molecule has 2 aromatic carbocycles. The quantitative estimate of drug-likeness (QED) is 0.721. The molecule has 1 aromatic heterocycles. The molecule has 3 aromatic rings. The van der Waals surface area contributed by atoms with Gasteiger partial charge in [0.15, 0.2) is 0 Å². The van der Waals surface area contributed by atoms with E-state index >= 15 is 0 Å². The second-order valence-corrected chi connectivity index (χ2v) is 5.73. The molecular weight excluding hydrogens is 272 g/mol. The lowest BCUT2D eigenvalue weighted by atomic mass is 10.1. The Balaban J connectivity index is 1.87. The molecule has 0 unspecified atom stereocenters. The number of benzene rings is 2. The van der Waals surface area contributed by atoms with Gasteiger partial charge in [-0.2, -0.15) is 0 Å². The molecule has 3 nitrogen and oxygen atoms in total. The molecule has 1 heterocycles. The predicted octanol–water partition coefficient (Wildman–Crippen LogP) is 3.76. The molecule has 112 valence electrons. The van der Waals surface area contributed by atoms with E-state index in [-0.39, 0.29) is 5.91 Å². The van der Waals surface area contributed by atoms with Gasteiger partial charge in [-0.05, 0) is 36.1 Å². The highest BCUT2D eigenvalue weighted by Gasteiger charge is 2.15. The molecule has 0 aliphatic rings. The number of rotatable bonds is 3. The third-order valence-electron chi connectivity index (χ3n) is 4.17. The number of fused-ring (bicyclic) bond motifs is 1. The SMILES string of the molecule is Cc1ccccc1C(=O)N(C)Cc1cc2ccccc2n1C. The second-order valence-electron chi connectivity index (χ2n) is 5.73. The topological polar surface area (TPSA) is 25.2 Å². The molecule has 0 aliphatic carbocycles. The van der Waals surface area contributed by atoms with Crippen molar-refractivity contribution in [3.8, 4) is 0 Å². The Kier molecular flexibility index (Phi) is 3.72. The number of aromatic nitrogens is 1. The number of amides is 1. The summed E-state index contributed by atoms with van der Waals surface area (Å²) in [6, 6.07) is 18.1. The number of aryl methyl sites for hydroxylation is 2. The first kappa shape index (κ1) is 14.4. The fraction of sp³-hybridized carbons (Fsp3) is 0.211. The van der Waals surface area contributed by atoms with Crippen LogP contribution in [0.15, 0.2) is 54.6 Å². The van der Waals surface area contributed by atoms with Gasteiger partial charge in [0, 0.05) is 30.9 Å². The Labute approximate surface area is 130 Å². The number of para-hydroxylation sites is 1. The van der Waals surface area contributed by atoms with Crippen molar-refractivity contribution in [1.29, 1.82) is 0 Å². The molecule has 0 radical (unpaired) electrons. The molecule has 1 amide bonds. The lowest BCUT2D eigenvalue weighted by Crippen LogP contribution is -2.27. The van der Waals surface area contributed by atoms with Gasteiger partial charge in [0.1, 0.15) is 0 Å². The van der Waals surface area contributed by atoms with Gasteiger partial charge in [-0.25, -0.2) is 0 Å². The maximum atomic E-state index is 12.6. The van der Waals surface area contributed by atoms with E-state index in [1.807, 2.05) is 57.4 Å². The van der Waals surface area contributed by atoms with E-state index in [9.17, 15) is 4.79 Å². The Hall–Kier alpha value is -2.55. The molecule has 0 bridgehead atoms. The number of carbonyl (C=O) groups excluding carboxylic acids is 1. The summed E-state index contributed by atoms with van der Waals surface area (Å²) < 4.78 is 2.15. The van der Waals surface area contributed by atoms with Crippen LogP contribution in [0.3, 0.4) is 0 Å². The zero-order chi connectivity index (χ0) is 15.7. The fourth-order valence-corrected chi connectivity index (χ4v) is 2.83. The van der Waals surface area contributed by atoms with Crippen molar-refractivity contribution in [2.75, 3.05) is 7.05 Å². The predicted molar refractivity (Wildman–Crippen MR) is 89.9 cm³/mol. The van der Waals surface area contributed by atoms with Crippen LogP contribution in [0, 0.1) is 6.92 Å². The zero-order valence-corrected chi connectivity index (χ0v) is 13.2. The van der Waals surface area contributed by atoms with Crippen LogP contribution in [-0.4, -0.2) is 22.4 Å². The summed E-state index contributed by atoms with van der Waals surface area (Å²) in [5, 5.41) is 1.21. The van der Waals surface area contributed by atoms with Gasteiger partial charge < -0.3 is 9.47 Å². The van der Waals surface area contributed by atoms with Gasteiger partial charge in [0.25, 0.3) is 5.91 Å². The normalized spacial score (nSPS) is 10.9. The third-order valence-corrected chi connectivity index (χ3v) is 4.17. The monoisotopic (exact) mass is 292 g/mol. The largest absolute Gasteiger partial charge is 0.346 e. The standard InChI is InChI=1S/C19H20N2O/c1-14-8-4-6-10-17(14)19(22)20(2)13-16-12-15-9-5-7-11-18(15)21(16)3/h4-12H,13H2,1-3H3. The minimum atomic E-state index is 0.0587. The van der Waals surface area contributed by atoms with Crippen LogP contribution in [0.2, 0.25) is 0 Å². The van der Waals surface area contributed by atoms with Crippen molar-refractivity contribution in [3.05, 3.63) is 71.4 Å². The Bertz CT molecular complexity index is 832. The highest BCUT2D eigenvalue weighted by Crippen LogP contribution is 2.20. The van der Waals surface area contributed by atoms with Crippen molar-refractivity contribution in [1.82, 2.24) is 9.47 Å². The first-order valence-corrected chi connectivity index (χ1v) is 7.42. The van der Waals surface area contributed by atoms with Crippen LogP contribution in [0.5, 0.6) is 0 Å². The van der Waals surface area contributed by atoms with Gasteiger partial charge >= 0.3 is 0 Å². The van der Waals surface area contributed by atoms with Gasteiger partial charge in [-0.1, -0.05) is 36.4 Å². The van der Waals surface area contributed by atoms with E-state index in [1.54, 1.807) is 4.90 Å². The van der Waals surface area contributed by atoms with Crippen LogP contribution in [-0.2, 0) is 13.6 Å². The van der Waals surface area contributed by atoms with Crippen LogP contribution >= 0.6 is 0 Å². The summed E-state index contributed by atoms with van der Waals surface area (Å²) in [7, 11) is 3.90. The van der Waals surface area contributed by atoms with Crippen molar-refractivity contribution < 1.29 is 4.79 Å². The maximum absolute atomic E-state index is 12.6. The molecule has 0 saturated heterocycles. The molecule has 0 spiro atoms. The van der Waals surface area contributed by atoms with Crippen LogP contribution in [0.25, 0.3) is 10.9 Å². The van der Waals surface area contributed by atoms with Crippen molar-refractivity contribution in [2.24, 2.45) is 7.05 Å². The molecule has 0 aliphatic heterocycles. The molecule has 0 N–H and O–H groups in total. The van der Waals surface area contributed by atoms with E-state index < -0.39 is 0 Å². The minimum absolute atomic E-state index is 0.0587. The van der Waals surface area contributed by atoms with Crippen LogP contribution in [0.1, 0.15) is 21.6 Å². The summed E-state index contributed by atoms with van der Waals surface area (Å²) in [6.07, 6.45) is 0. The lowest BCUT2D eigenvalue weighted by Gasteiger charge is -2.19. The fourth-order valence-electron chi connectivity index (χ4n) is 2.83. The third kappa shape index (κ3) is 2.50. The van der Waals surface area contributed by atoms with E-state index in [1.165, 1.54) is 10.9 Å². The Morgan fingerprint density at radius 2 is 1.77 bits per heavy atom. The molecule has 3 rings (SSSR count). The number of nitrogens with zero attached hydrogens (tertiary/aromatic N) is 2. The molecule has 0 fully saturated rings. The van der Waals surface area contributed by atoms with E-state index in [4.69, 9.17) is 0 Å². The maximum Gasteiger partial charge on any atom is 0.254 e. The minimum Gasteiger partial charge on any atom is -0.346 e. The van der Waals surface area contributed by atoms with Gasteiger partial charge in [-0.3, -0.25) is 4.79 Å². The number of hydrogen-bond acceptors (Lipinski definition) is 1. The smallest absolute Gasteiger partial charge is 0.254 e. The summed E-state index contributed by atoms with van der Waals surface area (Å²) in [4.78, 5) is 14.4. The summed E-state index contributed by atoms with van der Waals surface area (Å²) >= 11 is 0. The Morgan fingerprint density at radius 3 is 2.50 bits per heavy atom. The highest BCUT2D eigenvalue weighted by molar-refractivity contribution is 5.95. The van der Waals surface area contributed by atoms with Crippen LogP contribution < -0.4 is 0 Å². The molecule has 0 atom stereocenters. The lowest BCUT2D eigenvalue weighted by molar-refractivity contribution is 0.0782. The first-order valence-electron chi connectivity index (χ1n) is 7.42. The van der Waals surface area contributed by atoms with Crippen molar-refractivity contribution >= 4 is 16.8 Å². The average molecular weight is 292 g/mol. The van der Waals surface area contributed by atoms with Crippen molar-refractivity contribution in [2.45, 2.75) is 13.5 Å². The van der Waals surface area contributed by atoms with Gasteiger partial charge in [-0.15, -0.1) is 0 Å². The zero-order valence-electron chi connectivity index (χ0n) is 13.2. The van der Waals surface area contributed by atoms with Gasteiger partial charge in [0.2, 0.25) is 0 Å². The molecule has 3 heteroatoms. The highest BCUT2D eigenvalue weighted by atomic mass is 16.2. The summed E-state index contributed by atoms with van der Waals surface area (Å²) in [5.74, 6) is 0.0587. The number of carbonyl (C=O) groups is 1. The second kappa shape index (κ2) is 5.68. The Morgan fingerprint density at radius 1 is 1.09 bits per heavy atom. The average Bonchev–Trinajstić information content (AvgIpc) is 2.84. The van der Waals surface area contributed by atoms with Gasteiger partial charge in [0.05, 0.1) is 6.54 Å². The van der Waals surface area contributed by atoms with E-state index in [0.717, 1.165) is 16.8 Å². The first-order chi connectivity index (χ1) is 10.6. The van der Waals surface area contributed by atoms with E-state index in [2.05, 4.69) is 22.8 Å². The van der Waals surface area contributed by atoms with Crippen LogP contribution in [0.4, 0.5) is 0 Å². The number of hydrogen-bond donors (Lipinski definition) is 0. The molecular formula is C19H20N2O. The van der Waals surface area contributed by atoms with Crippen molar-refractivity contribution in [3.63, 3.8) is 0 Å². The molecule has 0 saturated carbocycles.